The van der Waals surface area contributed by atoms with Gasteiger partial charge in [-0.3, -0.25) is 0 Å². The van der Waals surface area contributed by atoms with Crippen LogP contribution in [0.5, 0.6) is 0 Å². The number of rotatable bonds is 0. The standard InChI is InChI=1S/C11H9ClN2O/c12-8-5-15-6-10-11(8)7-3-1-2-4-9(7)13-14-10/h1-4,8H,5-6H2. The van der Waals surface area contributed by atoms with E-state index in [9.17, 15) is 0 Å². The van der Waals surface area contributed by atoms with Crippen molar-refractivity contribution in [3.63, 3.8) is 0 Å². The number of benzene rings is 1. The Balaban J connectivity index is 2.35. The number of halogens is 1. The van der Waals surface area contributed by atoms with Gasteiger partial charge >= 0.3 is 0 Å². The van der Waals surface area contributed by atoms with E-state index < -0.39 is 0 Å². The van der Waals surface area contributed by atoms with Gasteiger partial charge in [0.1, 0.15) is 0 Å². The fraction of sp³-hybridized carbons (Fsp3) is 0.273. The second-order valence-electron chi connectivity index (χ2n) is 3.56. The topological polar surface area (TPSA) is 35.0 Å². The molecule has 0 fully saturated rings. The lowest BCUT2D eigenvalue weighted by atomic mass is 10.0. The summed E-state index contributed by atoms with van der Waals surface area (Å²) in [4.78, 5) is 0. The first-order valence-corrected chi connectivity index (χ1v) is 5.26. The number of ether oxygens (including phenoxy) is 1. The van der Waals surface area contributed by atoms with Crippen LogP contribution in [0.15, 0.2) is 24.3 Å². The van der Waals surface area contributed by atoms with Gasteiger partial charge in [0.15, 0.2) is 0 Å². The van der Waals surface area contributed by atoms with Gasteiger partial charge in [0.2, 0.25) is 0 Å². The lowest BCUT2D eigenvalue weighted by Crippen LogP contribution is -2.15. The number of hydrogen-bond acceptors (Lipinski definition) is 3. The van der Waals surface area contributed by atoms with Crippen molar-refractivity contribution < 1.29 is 4.74 Å². The van der Waals surface area contributed by atoms with Crippen molar-refractivity contribution in [1.29, 1.82) is 0 Å². The van der Waals surface area contributed by atoms with Crippen LogP contribution >= 0.6 is 11.6 Å². The summed E-state index contributed by atoms with van der Waals surface area (Å²) in [6.07, 6.45) is 0. The third kappa shape index (κ3) is 1.39. The van der Waals surface area contributed by atoms with Gasteiger partial charge in [-0.25, -0.2) is 0 Å². The summed E-state index contributed by atoms with van der Waals surface area (Å²) in [6, 6.07) is 7.92. The molecule has 0 saturated carbocycles. The lowest BCUT2D eigenvalue weighted by Gasteiger charge is -2.20. The fourth-order valence-corrected chi connectivity index (χ4v) is 2.24. The molecule has 0 amide bonds. The minimum Gasteiger partial charge on any atom is -0.373 e. The van der Waals surface area contributed by atoms with Crippen LogP contribution in [0.2, 0.25) is 0 Å². The van der Waals surface area contributed by atoms with Crippen LogP contribution in [0, 0.1) is 0 Å². The Morgan fingerprint density at radius 3 is 3.07 bits per heavy atom. The average Bonchev–Trinajstić information content (AvgIpc) is 2.29. The van der Waals surface area contributed by atoms with Crippen LogP contribution < -0.4 is 0 Å². The second-order valence-corrected chi connectivity index (χ2v) is 4.09. The number of alkyl halides is 1. The molecular weight excluding hydrogens is 212 g/mol. The van der Waals surface area contributed by atoms with Gasteiger partial charge in [-0.2, -0.15) is 10.2 Å². The maximum atomic E-state index is 6.23. The molecule has 1 unspecified atom stereocenters. The lowest BCUT2D eigenvalue weighted by molar-refractivity contribution is 0.104. The number of nitrogens with zero attached hydrogens (tertiary/aromatic N) is 2. The molecule has 0 spiro atoms. The highest BCUT2D eigenvalue weighted by Gasteiger charge is 2.22. The van der Waals surface area contributed by atoms with Crippen LogP contribution in [0.3, 0.4) is 0 Å². The number of fused-ring (bicyclic) bond motifs is 3. The predicted octanol–water partition coefficient (Wildman–Crippen LogP) is 2.44. The highest BCUT2D eigenvalue weighted by molar-refractivity contribution is 6.22. The molecule has 4 heteroatoms. The molecule has 0 aliphatic carbocycles. The SMILES string of the molecule is ClC1COCc2nnc3ccccc3c21. The van der Waals surface area contributed by atoms with Crippen molar-refractivity contribution >= 4 is 22.5 Å². The summed E-state index contributed by atoms with van der Waals surface area (Å²) in [6.45, 7) is 1.06. The largest absolute Gasteiger partial charge is 0.373 e. The summed E-state index contributed by atoms with van der Waals surface area (Å²) in [7, 11) is 0. The van der Waals surface area contributed by atoms with Crippen molar-refractivity contribution in [3.8, 4) is 0 Å². The quantitative estimate of drug-likeness (QED) is 0.640. The van der Waals surface area contributed by atoms with Crippen LogP contribution in [0.25, 0.3) is 10.9 Å². The molecule has 0 radical (unpaired) electrons. The molecule has 76 valence electrons. The van der Waals surface area contributed by atoms with Crippen LogP contribution in [0.1, 0.15) is 16.6 Å². The Morgan fingerprint density at radius 1 is 1.27 bits per heavy atom. The first-order chi connectivity index (χ1) is 7.36. The van der Waals surface area contributed by atoms with E-state index in [0.717, 1.165) is 22.2 Å². The van der Waals surface area contributed by atoms with Crippen molar-refractivity contribution in [2.75, 3.05) is 6.61 Å². The van der Waals surface area contributed by atoms with E-state index in [1.165, 1.54) is 0 Å². The minimum absolute atomic E-state index is 0.117. The second kappa shape index (κ2) is 3.43. The summed E-state index contributed by atoms with van der Waals surface area (Å²) in [5.41, 5.74) is 2.83. The Morgan fingerprint density at radius 2 is 2.13 bits per heavy atom. The van der Waals surface area contributed by atoms with Gasteiger partial charge in [-0.1, -0.05) is 18.2 Å². The zero-order chi connectivity index (χ0) is 10.3. The molecular formula is C11H9ClN2O. The summed E-state index contributed by atoms with van der Waals surface area (Å²) < 4.78 is 5.32. The number of aromatic nitrogens is 2. The van der Waals surface area contributed by atoms with Crippen LogP contribution in [0.4, 0.5) is 0 Å². The van der Waals surface area contributed by atoms with Gasteiger partial charge in [-0.15, -0.1) is 11.6 Å². The molecule has 0 saturated heterocycles. The van der Waals surface area contributed by atoms with E-state index in [-0.39, 0.29) is 5.38 Å². The van der Waals surface area contributed by atoms with E-state index in [0.29, 0.717) is 13.2 Å². The van der Waals surface area contributed by atoms with Crippen molar-refractivity contribution in [1.82, 2.24) is 10.2 Å². The molecule has 3 rings (SSSR count). The maximum Gasteiger partial charge on any atom is 0.0942 e. The highest BCUT2D eigenvalue weighted by atomic mass is 35.5. The summed E-state index contributed by atoms with van der Waals surface area (Å²) in [5.74, 6) is 0. The predicted molar refractivity (Wildman–Crippen MR) is 57.8 cm³/mol. The molecule has 1 aliphatic heterocycles. The van der Waals surface area contributed by atoms with Gasteiger partial charge in [0.25, 0.3) is 0 Å². The Kier molecular flexibility index (Phi) is 2.08. The fourth-order valence-electron chi connectivity index (χ4n) is 1.91. The Labute approximate surface area is 92.0 Å². The third-order valence-corrected chi connectivity index (χ3v) is 2.94. The first kappa shape index (κ1) is 9.07. The molecule has 1 aromatic carbocycles. The van der Waals surface area contributed by atoms with Gasteiger partial charge in [0.05, 0.1) is 29.8 Å². The minimum atomic E-state index is -0.117. The Bertz CT molecular complexity index is 515. The van der Waals surface area contributed by atoms with Crippen LogP contribution in [-0.4, -0.2) is 16.8 Å². The zero-order valence-corrected chi connectivity index (χ0v) is 8.74. The van der Waals surface area contributed by atoms with E-state index in [4.69, 9.17) is 16.3 Å². The summed E-state index contributed by atoms with van der Waals surface area (Å²) in [5, 5.41) is 9.25. The summed E-state index contributed by atoms with van der Waals surface area (Å²) >= 11 is 6.23. The first-order valence-electron chi connectivity index (χ1n) is 4.82. The smallest absolute Gasteiger partial charge is 0.0942 e. The van der Waals surface area contributed by atoms with Gasteiger partial charge < -0.3 is 4.74 Å². The van der Waals surface area contributed by atoms with E-state index >= 15 is 0 Å². The van der Waals surface area contributed by atoms with Gasteiger partial charge in [-0.05, 0) is 6.07 Å². The molecule has 1 atom stereocenters. The van der Waals surface area contributed by atoms with Crippen molar-refractivity contribution in [2.24, 2.45) is 0 Å². The normalized spacial score (nSPS) is 20.2. The molecule has 0 N–H and O–H groups in total. The molecule has 2 aromatic rings. The molecule has 0 bridgehead atoms. The number of hydrogen-bond donors (Lipinski definition) is 0. The van der Waals surface area contributed by atoms with Crippen molar-refractivity contribution in [2.45, 2.75) is 12.0 Å². The Hall–Kier alpha value is -1.19. The molecule has 15 heavy (non-hydrogen) atoms. The maximum absolute atomic E-state index is 6.23. The molecule has 2 heterocycles. The molecule has 3 nitrogen and oxygen atoms in total. The molecule has 1 aliphatic rings. The highest BCUT2D eigenvalue weighted by Crippen LogP contribution is 2.33. The van der Waals surface area contributed by atoms with E-state index in [2.05, 4.69) is 10.2 Å². The van der Waals surface area contributed by atoms with Crippen molar-refractivity contribution in [3.05, 3.63) is 35.5 Å². The van der Waals surface area contributed by atoms with E-state index in [1.807, 2.05) is 24.3 Å². The molecule has 1 aromatic heterocycles. The van der Waals surface area contributed by atoms with Gasteiger partial charge in [0, 0.05) is 10.9 Å². The monoisotopic (exact) mass is 220 g/mol. The van der Waals surface area contributed by atoms with Crippen LogP contribution in [-0.2, 0) is 11.3 Å². The third-order valence-electron chi connectivity index (χ3n) is 2.60. The zero-order valence-electron chi connectivity index (χ0n) is 7.98. The van der Waals surface area contributed by atoms with E-state index in [1.54, 1.807) is 0 Å². The average molecular weight is 221 g/mol.